The number of likely N-dealkylation sites (tertiary alicyclic amines) is 3. The van der Waals surface area contributed by atoms with E-state index >= 15 is 0 Å². The molecule has 3 aliphatic heterocycles. The van der Waals surface area contributed by atoms with Crippen molar-refractivity contribution < 1.29 is 4.79 Å². The highest BCUT2D eigenvalue weighted by Crippen LogP contribution is 2.56. The highest BCUT2D eigenvalue weighted by molar-refractivity contribution is 7.09. The molecule has 164 valence electrons. The maximum atomic E-state index is 12.9. The lowest BCUT2D eigenvalue weighted by Gasteiger charge is -2.63. The number of nitrogens with zero attached hydrogens (tertiary/aromatic N) is 6. The molecule has 2 amide bonds. The largest absolute Gasteiger partial charge is 0.323 e. The number of rotatable bonds is 4. The van der Waals surface area contributed by atoms with Crippen molar-refractivity contribution in [3.63, 3.8) is 0 Å². The van der Waals surface area contributed by atoms with E-state index in [0.717, 1.165) is 76.0 Å². The first-order chi connectivity index (χ1) is 15.0. The third-order valence-electron chi connectivity index (χ3n) is 8.00. The zero-order chi connectivity index (χ0) is 20.8. The summed E-state index contributed by atoms with van der Waals surface area (Å²) in [5.74, 6) is 3.20. The van der Waals surface area contributed by atoms with Gasteiger partial charge in [-0.2, -0.15) is 5.10 Å². The van der Waals surface area contributed by atoms with E-state index in [9.17, 15) is 4.79 Å². The van der Waals surface area contributed by atoms with Gasteiger partial charge in [0.05, 0.1) is 6.54 Å². The van der Waals surface area contributed by atoms with E-state index in [2.05, 4.69) is 42.2 Å². The second-order valence-electron chi connectivity index (χ2n) is 11.0. The molecule has 0 radical (unpaired) electrons. The number of urea groups is 1. The lowest BCUT2D eigenvalue weighted by molar-refractivity contribution is -0.116. The molecule has 2 aromatic rings. The molecule has 2 spiro atoms. The highest BCUT2D eigenvalue weighted by atomic mass is 32.1. The Morgan fingerprint density at radius 3 is 2.42 bits per heavy atom. The van der Waals surface area contributed by atoms with Crippen LogP contribution in [0, 0.1) is 17.8 Å². The van der Waals surface area contributed by atoms with Gasteiger partial charge < -0.3 is 9.80 Å². The summed E-state index contributed by atoms with van der Waals surface area (Å²) in [6.45, 7) is 8.88. The van der Waals surface area contributed by atoms with Gasteiger partial charge in [-0.1, -0.05) is 0 Å². The first-order valence-corrected chi connectivity index (χ1v) is 12.5. The number of aromatic nitrogens is 4. The van der Waals surface area contributed by atoms with Gasteiger partial charge in [0.25, 0.3) is 0 Å². The molecule has 31 heavy (non-hydrogen) atoms. The Balaban J connectivity index is 0.857. The van der Waals surface area contributed by atoms with E-state index in [1.54, 1.807) is 11.3 Å². The molecule has 0 unspecified atom stereocenters. The molecular formula is C22H29N7OS. The summed E-state index contributed by atoms with van der Waals surface area (Å²) in [5.41, 5.74) is 1.80. The molecule has 0 aromatic carbocycles. The number of aromatic amines is 1. The zero-order valence-corrected chi connectivity index (χ0v) is 18.8. The van der Waals surface area contributed by atoms with Crippen LogP contribution >= 0.6 is 11.3 Å². The van der Waals surface area contributed by atoms with Gasteiger partial charge in [0.1, 0.15) is 10.8 Å². The van der Waals surface area contributed by atoms with Gasteiger partial charge in [-0.25, -0.2) is 14.8 Å². The fraction of sp³-hybridized carbons (Fsp3) is 0.727. The summed E-state index contributed by atoms with van der Waals surface area (Å²) < 4.78 is 0. The van der Waals surface area contributed by atoms with Crippen molar-refractivity contribution in [3.8, 4) is 0 Å². The molecular weight excluding hydrogens is 410 g/mol. The topological polar surface area (TPSA) is 81.2 Å². The van der Waals surface area contributed by atoms with Gasteiger partial charge in [0.15, 0.2) is 5.82 Å². The number of hydrogen-bond acceptors (Lipinski definition) is 6. The molecule has 0 bridgehead atoms. The fourth-order valence-electron chi connectivity index (χ4n) is 6.31. The van der Waals surface area contributed by atoms with Crippen LogP contribution < -0.4 is 0 Å². The van der Waals surface area contributed by atoms with Crippen LogP contribution in [0.4, 0.5) is 4.79 Å². The zero-order valence-electron chi connectivity index (χ0n) is 18.0. The number of H-pyrrole nitrogens is 1. The number of thiazole rings is 1. The van der Waals surface area contributed by atoms with Crippen LogP contribution in [-0.2, 0) is 6.54 Å². The van der Waals surface area contributed by atoms with Gasteiger partial charge in [0, 0.05) is 73.0 Å². The lowest BCUT2D eigenvalue weighted by atomic mass is 9.57. The SMILES string of the molecule is Cc1csc(CN2CC3(C2)CN(C(=O)N2CC4(CC(c5n[nH]c(C6CC6)n5)C4)C2)C3)n1. The highest BCUT2D eigenvalue weighted by Gasteiger charge is 2.58. The lowest BCUT2D eigenvalue weighted by Crippen LogP contribution is -2.75. The first-order valence-electron chi connectivity index (χ1n) is 11.6. The molecule has 8 nitrogen and oxygen atoms in total. The van der Waals surface area contributed by atoms with Crippen molar-refractivity contribution in [3.05, 3.63) is 27.7 Å². The maximum Gasteiger partial charge on any atom is 0.320 e. The van der Waals surface area contributed by atoms with E-state index in [1.165, 1.54) is 17.8 Å². The third-order valence-corrected chi connectivity index (χ3v) is 8.95. The van der Waals surface area contributed by atoms with Crippen molar-refractivity contribution in [2.24, 2.45) is 10.8 Å². The molecule has 2 saturated carbocycles. The Morgan fingerprint density at radius 1 is 1.06 bits per heavy atom. The number of amides is 2. The molecule has 9 heteroatoms. The molecule has 2 aromatic heterocycles. The molecule has 1 N–H and O–H groups in total. The predicted molar refractivity (Wildman–Crippen MR) is 116 cm³/mol. The van der Waals surface area contributed by atoms with E-state index in [0.29, 0.717) is 22.7 Å². The number of hydrogen-bond donors (Lipinski definition) is 1. The van der Waals surface area contributed by atoms with Gasteiger partial charge >= 0.3 is 6.03 Å². The van der Waals surface area contributed by atoms with Crippen LogP contribution in [0.1, 0.15) is 59.9 Å². The van der Waals surface area contributed by atoms with E-state index < -0.39 is 0 Å². The fourth-order valence-corrected chi connectivity index (χ4v) is 7.13. The second-order valence-corrected chi connectivity index (χ2v) is 11.9. The number of nitrogens with one attached hydrogen (secondary N) is 1. The van der Waals surface area contributed by atoms with Crippen LogP contribution in [0.2, 0.25) is 0 Å². The minimum absolute atomic E-state index is 0.252. The average molecular weight is 440 g/mol. The van der Waals surface area contributed by atoms with Crippen LogP contribution in [0.25, 0.3) is 0 Å². The quantitative estimate of drug-likeness (QED) is 0.792. The summed E-state index contributed by atoms with van der Waals surface area (Å²) in [6.07, 6.45) is 4.77. The van der Waals surface area contributed by atoms with E-state index in [1.807, 2.05) is 0 Å². The molecule has 2 aliphatic carbocycles. The predicted octanol–water partition coefficient (Wildman–Crippen LogP) is 2.56. The van der Waals surface area contributed by atoms with Gasteiger partial charge in [-0.05, 0) is 32.6 Å². The standard InChI is InChI=1S/C22H29N7OS/c1-14-7-31-17(23-14)6-27-8-22(9-27)12-29(13-22)20(30)28-10-21(11-28)4-16(5-21)19-24-18(25-26-19)15-2-3-15/h7,15-16H,2-6,8-13H2,1H3,(H,24,25,26). The van der Waals surface area contributed by atoms with E-state index in [-0.39, 0.29) is 6.03 Å². The molecule has 3 saturated heterocycles. The Hall–Kier alpha value is -2.00. The first kappa shape index (κ1) is 18.6. The van der Waals surface area contributed by atoms with Crippen LogP contribution in [-0.4, -0.2) is 80.2 Å². The van der Waals surface area contributed by atoms with Crippen molar-refractivity contribution >= 4 is 17.4 Å². The molecule has 5 aliphatic rings. The van der Waals surface area contributed by atoms with Gasteiger partial charge in [-0.3, -0.25) is 10.00 Å². The minimum atomic E-state index is 0.252. The Labute approximate surface area is 186 Å². The Bertz CT molecular complexity index is 1010. The summed E-state index contributed by atoms with van der Waals surface area (Å²) >= 11 is 1.75. The molecule has 7 rings (SSSR count). The monoisotopic (exact) mass is 439 g/mol. The van der Waals surface area contributed by atoms with Crippen LogP contribution in [0.3, 0.4) is 0 Å². The molecule has 5 fully saturated rings. The molecule has 5 heterocycles. The van der Waals surface area contributed by atoms with Crippen molar-refractivity contribution in [2.45, 2.75) is 51.0 Å². The van der Waals surface area contributed by atoms with Gasteiger partial charge in [0.2, 0.25) is 0 Å². The Kier molecular flexibility index (Phi) is 3.76. The van der Waals surface area contributed by atoms with E-state index in [4.69, 9.17) is 4.98 Å². The third kappa shape index (κ3) is 3.03. The maximum absolute atomic E-state index is 12.9. The summed E-state index contributed by atoms with van der Waals surface area (Å²) in [4.78, 5) is 28.8. The minimum Gasteiger partial charge on any atom is -0.323 e. The van der Waals surface area contributed by atoms with Crippen LogP contribution in [0.5, 0.6) is 0 Å². The van der Waals surface area contributed by atoms with Crippen molar-refractivity contribution in [2.75, 3.05) is 39.3 Å². The summed E-state index contributed by atoms with van der Waals surface area (Å²) in [5, 5.41) is 10.9. The number of carbonyl (C=O) groups excluding carboxylic acids is 1. The van der Waals surface area contributed by atoms with Crippen LogP contribution in [0.15, 0.2) is 5.38 Å². The van der Waals surface area contributed by atoms with Gasteiger partial charge in [-0.15, -0.1) is 11.3 Å². The average Bonchev–Trinajstić information content (AvgIpc) is 3.21. The number of carbonyl (C=O) groups is 1. The second kappa shape index (κ2) is 6.28. The van der Waals surface area contributed by atoms with Crippen molar-refractivity contribution in [1.82, 2.24) is 34.9 Å². The smallest absolute Gasteiger partial charge is 0.320 e. The summed E-state index contributed by atoms with van der Waals surface area (Å²) in [6, 6.07) is 0.252. The molecule has 0 atom stereocenters. The normalized spacial score (nSPS) is 26.5. The summed E-state index contributed by atoms with van der Waals surface area (Å²) in [7, 11) is 0. The Morgan fingerprint density at radius 2 is 1.77 bits per heavy atom. The number of aryl methyl sites for hydroxylation is 1. The van der Waals surface area contributed by atoms with Crippen molar-refractivity contribution in [1.29, 1.82) is 0 Å².